The third-order valence-corrected chi connectivity index (χ3v) is 3.33. The van der Waals surface area contributed by atoms with E-state index in [2.05, 4.69) is 9.97 Å². The number of nitrogens with two attached hydrogens (primary N) is 1. The Labute approximate surface area is 109 Å². The molecule has 0 aliphatic carbocycles. The van der Waals surface area contributed by atoms with Crippen LogP contribution in [0.5, 0.6) is 0 Å². The van der Waals surface area contributed by atoms with Gasteiger partial charge in [0.2, 0.25) is 5.95 Å². The van der Waals surface area contributed by atoms with Gasteiger partial charge in [0.25, 0.3) is 0 Å². The van der Waals surface area contributed by atoms with Crippen LogP contribution in [0.4, 0.5) is 11.8 Å². The second kappa shape index (κ2) is 5.47. The molecule has 0 aliphatic rings. The van der Waals surface area contributed by atoms with Crippen LogP contribution < -0.4 is 10.6 Å². The van der Waals surface area contributed by atoms with Gasteiger partial charge in [-0.05, 0) is 11.4 Å². The Morgan fingerprint density at radius 1 is 1.56 bits per heavy atom. The topological polar surface area (TPSA) is 84.5 Å². The Balaban J connectivity index is 2.26. The largest absolute Gasteiger partial charge is 0.389 e. The molecule has 2 aromatic rings. The minimum atomic E-state index is -0.565. The van der Waals surface area contributed by atoms with E-state index in [0.29, 0.717) is 6.54 Å². The zero-order valence-electron chi connectivity index (χ0n) is 10.3. The van der Waals surface area contributed by atoms with E-state index in [1.807, 2.05) is 23.4 Å². The average molecular weight is 268 g/mol. The van der Waals surface area contributed by atoms with Gasteiger partial charge < -0.3 is 20.5 Å². The first-order valence-electron chi connectivity index (χ1n) is 5.50. The first-order valence-corrected chi connectivity index (χ1v) is 6.38. The summed E-state index contributed by atoms with van der Waals surface area (Å²) in [6.45, 7) is 0.715. The smallest absolute Gasteiger partial charge is 0.223 e. The third kappa shape index (κ3) is 2.69. The molecule has 0 aliphatic heterocycles. The minimum Gasteiger partial charge on any atom is -0.389 e. The number of fused-ring (bicyclic) bond motifs is 1. The second-order valence-electron chi connectivity index (χ2n) is 4.03. The van der Waals surface area contributed by atoms with E-state index in [1.54, 1.807) is 7.11 Å². The number of rotatable bonds is 5. The Kier molecular flexibility index (Phi) is 3.95. The van der Waals surface area contributed by atoms with E-state index in [4.69, 9.17) is 10.5 Å². The maximum atomic E-state index is 9.73. The number of hydrogen-bond acceptors (Lipinski definition) is 7. The summed E-state index contributed by atoms with van der Waals surface area (Å²) in [4.78, 5) is 11.1. The molecule has 3 N–H and O–H groups in total. The molecular weight excluding hydrogens is 252 g/mol. The van der Waals surface area contributed by atoms with Gasteiger partial charge in [-0.25, -0.2) is 4.98 Å². The number of aliphatic hydroxyl groups is 1. The van der Waals surface area contributed by atoms with Crippen molar-refractivity contribution in [1.29, 1.82) is 0 Å². The number of nitrogens with zero attached hydrogens (tertiary/aromatic N) is 3. The van der Waals surface area contributed by atoms with Crippen molar-refractivity contribution in [2.45, 2.75) is 6.10 Å². The van der Waals surface area contributed by atoms with Crippen LogP contribution in [0.25, 0.3) is 10.2 Å². The molecule has 0 fully saturated rings. The zero-order chi connectivity index (χ0) is 13.1. The summed E-state index contributed by atoms with van der Waals surface area (Å²) in [5, 5.41) is 12.6. The summed E-state index contributed by atoms with van der Waals surface area (Å²) in [5.41, 5.74) is 5.68. The Morgan fingerprint density at radius 2 is 2.33 bits per heavy atom. The van der Waals surface area contributed by atoms with Gasteiger partial charge in [0.05, 0.1) is 18.1 Å². The van der Waals surface area contributed by atoms with Gasteiger partial charge in [-0.3, -0.25) is 0 Å². The first-order chi connectivity index (χ1) is 8.61. The van der Waals surface area contributed by atoms with E-state index >= 15 is 0 Å². The molecular formula is C11H16N4O2S. The lowest BCUT2D eigenvalue weighted by atomic mass is 10.3. The van der Waals surface area contributed by atoms with E-state index in [1.165, 1.54) is 11.3 Å². The summed E-state index contributed by atoms with van der Waals surface area (Å²) in [5.74, 6) is 0.974. The van der Waals surface area contributed by atoms with Gasteiger partial charge in [-0.15, -0.1) is 11.3 Å². The fourth-order valence-electron chi connectivity index (χ4n) is 1.79. The van der Waals surface area contributed by atoms with Crippen molar-refractivity contribution in [2.75, 3.05) is 37.9 Å². The molecule has 0 saturated heterocycles. The highest BCUT2D eigenvalue weighted by molar-refractivity contribution is 7.16. The van der Waals surface area contributed by atoms with Crippen LogP contribution in [-0.2, 0) is 4.74 Å². The van der Waals surface area contributed by atoms with Gasteiger partial charge in [-0.2, -0.15) is 4.98 Å². The summed E-state index contributed by atoms with van der Waals surface area (Å²) in [7, 11) is 3.42. The van der Waals surface area contributed by atoms with Gasteiger partial charge in [0.15, 0.2) is 0 Å². The lowest BCUT2D eigenvalue weighted by Gasteiger charge is -2.22. The highest BCUT2D eigenvalue weighted by Crippen LogP contribution is 2.27. The van der Waals surface area contributed by atoms with Crippen LogP contribution in [0.1, 0.15) is 0 Å². The number of methoxy groups -OCH3 is 1. The van der Waals surface area contributed by atoms with Crippen molar-refractivity contribution in [2.24, 2.45) is 0 Å². The van der Waals surface area contributed by atoms with Crippen LogP contribution in [-0.4, -0.2) is 48.5 Å². The van der Waals surface area contributed by atoms with Crippen molar-refractivity contribution in [3.05, 3.63) is 11.4 Å². The summed E-state index contributed by atoms with van der Waals surface area (Å²) >= 11 is 1.52. The van der Waals surface area contributed by atoms with Crippen LogP contribution in [0.2, 0.25) is 0 Å². The molecule has 0 aromatic carbocycles. The SMILES string of the molecule is COCC(O)CN(C)c1nc(N)nc2sccc12. The molecule has 1 unspecified atom stereocenters. The predicted octanol–water partition coefficient (Wildman–Crippen LogP) is 0.717. The summed E-state index contributed by atoms with van der Waals surface area (Å²) in [6, 6.07) is 1.95. The molecule has 0 radical (unpaired) electrons. The van der Waals surface area contributed by atoms with Gasteiger partial charge in [0.1, 0.15) is 10.6 Å². The quantitative estimate of drug-likeness (QED) is 0.831. The highest BCUT2D eigenvalue weighted by Gasteiger charge is 2.14. The molecule has 0 amide bonds. The summed E-state index contributed by atoms with van der Waals surface area (Å²) in [6.07, 6.45) is -0.565. The monoisotopic (exact) mass is 268 g/mol. The van der Waals surface area contributed by atoms with Crippen LogP contribution in [0.15, 0.2) is 11.4 Å². The van der Waals surface area contributed by atoms with Crippen LogP contribution >= 0.6 is 11.3 Å². The molecule has 2 aromatic heterocycles. The van der Waals surface area contributed by atoms with Gasteiger partial charge in [-0.1, -0.05) is 0 Å². The number of hydrogen-bond donors (Lipinski definition) is 2. The fourth-order valence-corrected chi connectivity index (χ4v) is 2.56. The number of aromatic nitrogens is 2. The van der Waals surface area contributed by atoms with Gasteiger partial charge >= 0.3 is 0 Å². The van der Waals surface area contributed by atoms with E-state index in [-0.39, 0.29) is 12.6 Å². The lowest BCUT2D eigenvalue weighted by Crippen LogP contribution is -2.32. The minimum absolute atomic E-state index is 0.244. The molecule has 1 atom stereocenters. The van der Waals surface area contributed by atoms with Crippen LogP contribution in [0.3, 0.4) is 0 Å². The van der Waals surface area contributed by atoms with Crippen LogP contribution in [0, 0.1) is 0 Å². The standard InChI is InChI=1S/C11H16N4O2S/c1-15(5-7(16)6-17-2)9-8-3-4-18-10(8)14-11(12)13-9/h3-4,7,16H,5-6H2,1-2H3,(H2,12,13,14). The first kappa shape index (κ1) is 13.0. The number of likely N-dealkylation sites (N-methyl/N-ethyl adjacent to an activating group) is 1. The van der Waals surface area contributed by atoms with E-state index < -0.39 is 6.10 Å². The Morgan fingerprint density at radius 3 is 3.06 bits per heavy atom. The highest BCUT2D eigenvalue weighted by atomic mass is 32.1. The lowest BCUT2D eigenvalue weighted by molar-refractivity contribution is 0.0694. The number of aliphatic hydroxyl groups excluding tert-OH is 1. The molecule has 6 nitrogen and oxygen atoms in total. The molecule has 0 saturated carbocycles. The zero-order valence-corrected chi connectivity index (χ0v) is 11.1. The Bertz CT molecular complexity index is 531. The molecule has 18 heavy (non-hydrogen) atoms. The number of nitrogen functional groups attached to an aromatic ring is 1. The molecule has 7 heteroatoms. The molecule has 98 valence electrons. The van der Waals surface area contributed by atoms with Gasteiger partial charge in [0, 0.05) is 20.7 Å². The molecule has 0 spiro atoms. The van der Waals surface area contributed by atoms with Crippen molar-refractivity contribution >= 4 is 33.3 Å². The number of ether oxygens (including phenoxy) is 1. The molecule has 2 heterocycles. The van der Waals surface area contributed by atoms with Crippen molar-refractivity contribution in [1.82, 2.24) is 9.97 Å². The van der Waals surface area contributed by atoms with Crippen molar-refractivity contribution < 1.29 is 9.84 Å². The summed E-state index contributed by atoms with van der Waals surface area (Å²) < 4.78 is 4.90. The second-order valence-corrected chi connectivity index (χ2v) is 4.93. The van der Waals surface area contributed by atoms with E-state index in [0.717, 1.165) is 16.0 Å². The number of anilines is 2. The molecule has 0 bridgehead atoms. The van der Waals surface area contributed by atoms with Crippen molar-refractivity contribution in [3.63, 3.8) is 0 Å². The van der Waals surface area contributed by atoms with E-state index in [9.17, 15) is 5.11 Å². The maximum Gasteiger partial charge on any atom is 0.223 e. The Hall–Kier alpha value is -1.44. The third-order valence-electron chi connectivity index (χ3n) is 2.53. The predicted molar refractivity (Wildman–Crippen MR) is 73.0 cm³/mol. The molecule has 2 rings (SSSR count). The number of thiophene rings is 1. The normalized spacial score (nSPS) is 12.8. The fraction of sp³-hybridized carbons (Fsp3) is 0.455. The average Bonchev–Trinajstić information content (AvgIpc) is 2.75. The van der Waals surface area contributed by atoms with Crippen molar-refractivity contribution in [3.8, 4) is 0 Å². The maximum absolute atomic E-state index is 9.73.